The van der Waals surface area contributed by atoms with E-state index in [1.165, 1.54) is 6.20 Å². The van der Waals surface area contributed by atoms with E-state index in [4.69, 9.17) is 4.74 Å². The first-order chi connectivity index (χ1) is 8.89. The molecule has 1 aliphatic rings. The van der Waals surface area contributed by atoms with Crippen LogP contribution in [0.15, 0.2) is 18.3 Å². The van der Waals surface area contributed by atoms with Crippen LogP contribution in [-0.4, -0.2) is 24.7 Å². The van der Waals surface area contributed by atoms with Gasteiger partial charge in [-0.2, -0.15) is 13.2 Å². The number of anilines is 1. The number of hydrogen-bond acceptors (Lipinski definition) is 3. The lowest BCUT2D eigenvalue weighted by atomic mass is 9.82. The summed E-state index contributed by atoms with van der Waals surface area (Å²) in [5.74, 6) is 0.266. The number of nitrogens with zero attached hydrogens (tertiary/aromatic N) is 1. The second-order valence-electron chi connectivity index (χ2n) is 5.20. The molecule has 2 heterocycles. The minimum absolute atomic E-state index is 0.0498. The summed E-state index contributed by atoms with van der Waals surface area (Å²) in [6, 6.07) is 2.02. The Hall–Kier alpha value is -1.30. The molecule has 1 aliphatic heterocycles. The van der Waals surface area contributed by atoms with E-state index < -0.39 is 11.7 Å². The zero-order valence-electron chi connectivity index (χ0n) is 10.8. The lowest BCUT2D eigenvalue weighted by molar-refractivity contribution is -0.137. The van der Waals surface area contributed by atoms with Crippen molar-refractivity contribution in [2.45, 2.75) is 25.9 Å². The van der Waals surface area contributed by atoms with E-state index in [9.17, 15) is 13.2 Å². The fourth-order valence-corrected chi connectivity index (χ4v) is 2.05. The Kier molecular flexibility index (Phi) is 3.99. The maximum atomic E-state index is 12.6. The van der Waals surface area contributed by atoms with Crippen LogP contribution >= 0.6 is 0 Å². The minimum Gasteiger partial charge on any atom is -0.381 e. The largest absolute Gasteiger partial charge is 0.416 e. The van der Waals surface area contributed by atoms with Gasteiger partial charge in [0, 0.05) is 26.0 Å². The molecule has 1 saturated heterocycles. The molecule has 0 bridgehead atoms. The smallest absolute Gasteiger partial charge is 0.381 e. The van der Waals surface area contributed by atoms with Crippen molar-refractivity contribution in [2.75, 3.05) is 25.1 Å². The molecular formula is C13H17F3N2O. The third-order valence-electron chi connectivity index (χ3n) is 3.48. The second-order valence-corrected chi connectivity index (χ2v) is 5.20. The predicted octanol–water partition coefficient (Wildman–Crippen LogP) is 3.33. The highest BCUT2D eigenvalue weighted by Crippen LogP contribution is 2.32. The van der Waals surface area contributed by atoms with Crippen LogP contribution in [0.4, 0.5) is 19.0 Å². The minimum atomic E-state index is -4.33. The van der Waals surface area contributed by atoms with E-state index in [-0.39, 0.29) is 11.2 Å². The summed E-state index contributed by atoms with van der Waals surface area (Å²) in [6.07, 6.45) is -1.35. The Morgan fingerprint density at radius 3 is 2.68 bits per heavy atom. The summed E-state index contributed by atoms with van der Waals surface area (Å²) in [6.45, 7) is 4.11. The van der Waals surface area contributed by atoms with Crippen molar-refractivity contribution in [3.8, 4) is 0 Å². The van der Waals surface area contributed by atoms with E-state index >= 15 is 0 Å². The third-order valence-corrected chi connectivity index (χ3v) is 3.48. The lowest BCUT2D eigenvalue weighted by Gasteiger charge is -2.33. The van der Waals surface area contributed by atoms with E-state index in [1.807, 2.05) is 0 Å². The number of ether oxygens (including phenoxy) is 1. The van der Waals surface area contributed by atoms with Gasteiger partial charge in [0.2, 0.25) is 0 Å². The molecule has 0 saturated carbocycles. The normalized spacial score (nSPS) is 19.2. The van der Waals surface area contributed by atoms with Gasteiger partial charge in [0.25, 0.3) is 0 Å². The van der Waals surface area contributed by atoms with E-state index in [1.54, 1.807) is 0 Å². The molecule has 19 heavy (non-hydrogen) atoms. The van der Waals surface area contributed by atoms with Gasteiger partial charge in [0.05, 0.1) is 5.56 Å². The highest BCUT2D eigenvalue weighted by Gasteiger charge is 2.31. The maximum absolute atomic E-state index is 12.6. The monoisotopic (exact) mass is 274 g/mol. The first-order valence-electron chi connectivity index (χ1n) is 6.24. The first-order valence-corrected chi connectivity index (χ1v) is 6.24. The molecule has 1 aromatic heterocycles. The zero-order valence-corrected chi connectivity index (χ0v) is 10.8. The van der Waals surface area contributed by atoms with Gasteiger partial charge in [-0.1, -0.05) is 6.92 Å². The summed E-state index contributed by atoms with van der Waals surface area (Å²) >= 11 is 0. The number of pyridine rings is 1. The maximum Gasteiger partial charge on any atom is 0.416 e. The summed E-state index contributed by atoms with van der Waals surface area (Å²) in [7, 11) is 0. The number of alkyl halides is 3. The van der Waals surface area contributed by atoms with E-state index in [0.717, 1.165) is 25.0 Å². The number of aromatic nitrogens is 1. The van der Waals surface area contributed by atoms with Crippen molar-refractivity contribution < 1.29 is 17.9 Å². The van der Waals surface area contributed by atoms with Crippen LogP contribution in [0.5, 0.6) is 0 Å². The average Bonchev–Trinajstić information content (AvgIpc) is 2.37. The summed E-state index contributed by atoms with van der Waals surface area (Å²) < 4.78 is 43.0. The molecule has 0 spiro atoms. The van der Waals surface area contributed by atoms with Crippen molar-refractivity contribution >= 4 is 5.82 Å². The van der Waals surface area contributed by atoms with Crippen LogP contribution in [-0.2, 0) is 10.9 Å². The summed E-state index contributed by atoms with van der Waals surface area (Å²) in [4.78, 5) is 3.93. The molecule has 3 nitrogen and oxygen atoms in total. The van der Waals surface area contributed by atoms with Gasteiger partial charge < -0.3 is 10.1 Å². The molecule has 0 radical (unpaired) electrons. The number of rotatable bonds is 3. The summed E-state index contributed by atoms with van der Waals surface area (Å²) in [5.41, 5.74) is -0.629. The molecule has 0 aromatic carbocycles. The van der Waals surface area contributed by atoms with Crippen LogP contribution in [0.2, 0.25) is 0 Å². The topological polar surface area (TPSA) is 34.2 Å². The van der Waals surface area contributed by atoms with Gasteiger partial charge >= 0.3 is 6.18 Å². The van der Waals surface area contributed by atoms with Gasteiger partial charge in [0.1, 0.15) is 5.82 Å². The third kappa shape index (κ3) is 3.83. The Labute approximate surface area is 110 Å². The van der Waals surface area contributed by atoms with E-state index in [0.29, 0.717) is 19.8 Å². The van der Waals surface area contributed by atoms with Crippen molar-refractivity contribution in [3.05, 3.63) is 23.9 Å². The number of nitrogens with one attached hydrogen (secondary N) is 1. The van der Waals surface area contributed by atoms with Gasteiger partial charge in [-0.25, -0.2) is 4.98 Å². The second kappa shape index (κ2) is 5.36. The Bertz CT molecular complexity index is 428. The quantitative estimate of drug-likeness (QED) is 0.918. The van der Waals surface area contributed by atoms with Crippen LogP contribution in [0.1, 0.15) is 25.3 Å². The van der Waals surface area contributed by atoms with Gasteiger partial charge in [-0.15, -0.1) is 0 Å². The molecule has 0 aliphatic carbocycles. The number of hydrogen-bond donors (Lipinski definition) is 1. The summed E-state index contributed by atoms with van der Waals surface area (Å²) in [5, 5.41) is 3.00. The molecular weight excluding hydrogens is 257 g/mol. The molecule has 0 unspecified atom stereocenters. The van der Waals surface area contributed by atoms with Crippen molar-refractivity contribution in [2.24, 2.45) is 5.41 Å². The van der Waals surface area contributed by atoms with Gasteiger partial charge in [-0.05, 0) is 30.4 Å². The SMILES string of the molecule is CC1(CNc2cc(C(F)(F)F)ccn2)CCOCC1. The van der Waals surface area contributed by atoms with Crippen molar-refractivity contribution in [1.82, 2.24) is 4.98 Å². The standard InChI is InChI=1S/C13H17F3N2O/c1-12(3-6-19-7-4-12)9-18-11-8-10(2-5-17-11)13(14,15)16/h2,5,8H,3-4,6-7,9H2,1H3,(H,17,18). The lowest BCUT2D eigenvalue weighted by Crippen LogP contribution is -2.33. The van der Waals surface area contributed by atoms with Gasteiger partial charge in [0.15, 0.2) is 0 Å². The van der Waals surface area contributed by atoms with E-state index in [2.05, 4.69) is 17.2 Å². The zero-order chi connectivity index (χ0) is 13.9. The number of halogens is 3. The van der Waals surface area contributed by atoms with Gasteiger partial charge in [-0.3, -0.25) is 0 Å². The highest BCUT2D eigenvalue weighted by atomic mass is 19.4. The van der Waals surface area contributed by atoms with Crippen LogP contribution in [0.3, 0.4) is 0 Å². The fourth-order valence-electron chi connectivity index (χ4n) is 2.05. The molecule has 1 aromatic rings. The Morgan fingerprint density at radius 2 is 2.05 bits per heavy atom. The first kappa shape index (κ1) is 14.1. The Balaban J connectivity index is 1.99. The van der Waals surface area contributed by atoms with Crippen molar-refractivity contribution in [1.29, 1.82) is 0 Å². The molecule has 106 valence electrons. The van der Waals surface area contributed by atoms with Crippen LogP contribution in [0, 0.1) is 5.41 Å². The van der Waals surface area contributed by atoms with Crippen LogP contribution < -0.4 is 5.32 Å². The Morgan fingerprint density at radius 1 is 1.37 bits per heavy atom. The fraction of sp³-hybridized carbons (Fsp3) is 0.615. The average molecular weight is 274 g/mol. The highest BCUT2D eigenvalue weighted by molar-refractivity contribution is 5.38. The predicted molar refractivity (Wildman–Crippen MR) is 65.9 cm³/mol. The molecule has 2 rings (SSSR count). The molecule has 1 fully saturated rings. The molecule has 6 heteroatoms. The van der Waals surface area contributed by atoms with Crippen molar-refractivity contribution in [3.63, 3.8) is 0 Å². The molecule has 1 N–H and O–H groups in total. The molecule has 0 atom stereocenters. The molecule has 0 amide bonds. The van der Waals surface area contributed by atoms with Crippen LogP contribution in [0.25, 0.3) is 0 Å².